The maximum absolute atomic E-state index is 12.4. The molecule has 1 aliphatic heterocycles. The fourth-order valence-corrected chi connectivity index (χ4v) is 3.81. The molecule has 0 amide bonds. The van der Waals surface area contributed by atoms with E-state index in [4.69, 9.17) is 4.74 Å². The Bertz CT molecular complexity index is 752. The first-order valence-corrected chi connectivity index (χ1v) is 8.52. The van der Waals surface area contributed by atoms with E-state index in [0.29, 0.717) is 17.6 Å². The maximum Gasteiger partial charge on any atom is 0.341 e. The number of pyridine rings is 1. The van der Waals surface area contributed by atoms with Crippen molar-refractivity contribution in [2.24, 2.45) is 5.41 Å². The lowest BCUT2D eigenvalue weighted by molar-refractivity contribution is 0.0526. The van der Waals surface area contributed by atoms with Gasteiger partial charge in [-0.05, 0) is 44.1 Å². The van der Waals surface area contributed by atoms with E-state index in [9.17, 15) is 4.79 Å². The summed E-state index contributed by atoms with van der Waals surface area (Å²) < 4.78 is 5.27. The van der Waals surface area contributed by atoms with E-state index in [2.05, 4.69) is 16.0 Å². The summed E-state index contributed by atoms with van der Waals surface area (Å²) in [5.41, 5.74) is 3.04. The number of benzene rings is 1. The second kappa shape index (κ2) is 5.52. The molecule has 0 N–H and O–H groups in total. The predicted octanol–water partition coefficient (Wildman–Crippen LogP) is 3.79. The van der Waals surface area contributed by atoms with Crippen molar-refractivity contribution in [1.82, 2.24) is 4.98 Å². The van der Waals surface area contributed by atoms with E-state index < -0.39 is 0 Å². The zero-order chi connectivity index (χ0) is 15.9. The van der Waals surface area contributed by atoms with Crippen LogP contribution in [0.25, 0.3) is 10.9 Å². The number of carbonyl (C=O) groups excluding carboxylic acids is 1. The fourth-order valence-electron chi connectivity index (χ4n) is 3.81. The number of anilines is 1. The van der Waals surface area contributed by atoms with Crippen LogP contribution < -0.4 is 4.90 Å². The number of hydrogen-bond donors (Lipinski definition) is 0. The number of carbonyl (C=O) groups is 1. The van der Waals surface area contributed by atoms with Gasteiger partial charge in [-0.25, -0.2) is 4.79 Å². The lowest BCUT2D eigenvalue weighted by Gasteiger charge is -2.36. The highest BCUT2D eigenvalue weighted by Crippen LogP contribution is 2.53. The van der Waals surface area contributed by atoms with Gasteiger partial charge in [0, 0.05) is 24.7 Å². The lowest BCUT2D eigenvalue weighted by Crippen LogP contribution is -2.37. The molecule has 1 aliphatic carbocycles. The summed E-state index contributed by atoms with van der Waals surface area (Å²) >= 11 is 0. The third kappa shape index (κ3) is 2.56. The number of esters is 1. The van der Waals surface area contributed by atoms with Crippen LogP contribution in [0.1, 0.15) is 43.0 Å². The molecule has 0 radical (unpaired) electrons. The minimum absolute atomic E-state index is 0.267. The Kier molecular flexibility index (Phi) is 3.47. The Morgan fingerprint density at radius 1 is 1.30 bits per heavy atom. The Labute approximate surface area is 136 Å². The molecule has 0 atom stereocenters. The normalized spacial score (nSPS) is 19.1. The number of rotatable bonds is 3. The van der Waals surface area contributed by atoms with Gasteiger partial charge in [0.25, 0.3) is 0 Å². The van der Waals surface area contributed by atoms with Crippen molar-refractivity contribution in [2.45, 2.75) is 32.6 Å². The first-order valence-electron chi connectivity index (χ1n) is 8.52. The van der Waals surface area contributed by atoms with Gasteiger partial charge >= 0.3 is 5.97 Å². The maximum atomic E-state index is 12.4. The summed E-state index contributed by atoms with van der Waals surface area (Å²) in [4.78, 5) is 19.3. The molecule has 4 nitrogen and oxygen atoms in total. The molecule has 120 valence electrons. The molecule has 2 heterocycles. The smallest absolute Gasteiger partial charge is 0.341 e. The van der Waals surface area contributed by atoms with Gasteiger partial charge in [0.05, 0.1) is 17.8 Å². The van der Waals surface area contributed by atoms with E-state index in [1.807, 2.05) is 25.1 Å². The van der Waals surface area contributed by atoms with Crippen LogP contribution in [0.2, 0.25) is 0 Å². The van der Waals surface area contributed by atoms with Crippen LogP contribution in [-0.2, 0) is 4.74 Å². The van der Waals surface area contributed by atoms with E-state index in [1.165, 1.54) is 25.7 Å². The number of piperidine rings is 1. The van der Waals surface area contributed by atoms with Crippen LogP contribution in [0.3, 0.4) is 0 Å². The Hall–Kier alpha value is -2.10. The predicted molar refractivity (Wildman–Crippen MR) is 90.8 cm³/mol. The summed E-state index contributed by atoms with van der Waals surface area (Å²) in [6, 6.07) is 8.07. The number of ether oxygens (including phenoxy) is 1. The molecule has 1 aromatic carbocycles. The molecular formula is C19H22N2O2. The number of nitrogens with zero attached hydrogens (tertiary/aromatic N) is 2. The number of hydrogen-bond acceptors (Lipinski definition) is 4. The average molecular weight is 310 g/mol. The van der Waals surface area contributed by atoms with Crippen molar-refractivity contribution in [3.63, 3.8) is 0 Å². The average Bonchev–Trinajstić information content (AvgIpc) is 3.32. The zero-order valence-electron chi connectivity index (χ0n) is 13.5. The summed E-state index contributed by atoms with van der Waals surface area (Å²) in [5.74, 6) is -0.267. The number of fused-ring (bicyclic) bond motifs is 1. The van der Waals surface area contributed by atoms with Crippen LogP contribution in [0.4, 0.5) is 5.69 Å². The molecule has 2 fully saturated rings. The molecule has 0 unspecified atom stereocenters. The van der Waals surface area contributed by atoms with Crippen LogP contribution in [-0.4, -0.2) is 30.6 Å². The van der Waals surface area contributed by atoms with E-state index in [1.54, 1.807) is 6.20 Å². The second-order valence-corrected chi connectivity index (χ2v) is 6.78. The van der Waals surface area contributed by atoms with Crippen LogP contribution in [0, 0.1) is 5.41 Å². The summed E-state index contributed by atoms with van der Waals surface area (Å²) in [5, 5.41) is 1.05. The van der Waals surface area contributed by atoms with E-state index >= 15 is 0 Å². The molecule has 1 saturated carbocycles. The van der Waals surface area contributed by atoms with E-state index in [0.717, 1.165) is 29.7 Å². The summed E-state index contributed by atoms with van der Waals surface area (Å²) in [7, 11) is 0. The molecule has 0 bridgehead atoms. The largest absolute Gasteiger partial charge is 0.462 e. The van der Waals surface area contributed by atoms with Crippen molar-refractivity contribution < 1.29 is 9.53 Å². The van der Waals surface area contributed by atoms with Gasteiger partial charge in [-0.2, -0.15) is 0 Å². The highest BCUT2D eigenvalue weighted by molar-refractivity contribution is 6.05. The highest BCUT2D eigenvalue weighted by Gasteiger charge is 2.46. The van der Waals surface area contributed by atoms with Gasteiger partial charge in [0.2, 0.25) is 0 Å². The summed E-state index contributed by atoms with van der Waals surface area (Å²) in [6.45, 7) is 4.27. The van der Waals surface area contributed by atoms with Gasteiger partial charge in [-0.1, -0.05) is 18.2 Å². The molecule has 2 aliphatic rings. The molecule has 4 heteroatoms. The third-order valence-electron chi connectivity index (χ3n) is 5.18. The van der Waals surface area contributed by atoms with Crippen LogP contribution >= 0.6 is 0 Å². The van der Waals surface area contributed by atoms with E-state index in [-0.39, 0.29) is 5.97 Å². The lowest BCUT2D eigenvalue weighted by atomic mass is 9.93. The van der Waals surface area contributed by atoms with Crippen molar-refractivity contribution in [2.75, 3.05) is 24.6 Å². The Balaban J connectivity index is 1.83. The molecule has 1 saturated heterocycles. The highest BCUT2D eigenvalue weighted by atomic mass is 16.5. The summed E-state index contributed by atoms with van der Waals surface area (Å²) in [6.07, 6.45) is 6.84. The third-order valence-corrected chi connectivity index (χ3v) is 5.18. The fraction of sp³-hybridized carbons (Fsp3) is 0.474. The monoisotopic (exact) mass is 310 g/mol. The molecule has 1 aromatic heterocycles. The molecule has 4 rings (SSSR count). The van der Waals surface area contributed by atoms with Gasteiger partial charge in [-0.3, -0.25) is 4.98 Å². The van der Waals surface area contributed by atoms with Crippen molar-refractivity contribution in [1.29, 1.82) is 0 Å². The topological polar surface area (TPSA) is 42.4 Å². The molecular weight excluding hydrogens is 288 g/mol. The zero-order valence-corrected chi connectivity index (χ0v) is 13.5. The van der Waals surface area contributed by atoms with Gasteiger partial charge in [0.1, 0.15) is 5.56 Å². The Morgan fingerprint density at radius 3 is 2.91 bits per heavy atom. The SMILES string of the molecule is CCOC(=O)c1cnc2ccccc2c1N1CCCC2(CC2)C1. The second-order valence-electron chi connectivity index (χ2n) is 6.78. The van der Waals surface area contributed by atoms with Gasteiger partial charge < -0.3 is 9.64 Å². The van der Waals surface area contributed by atoms with Crippen molar-refractivity contribution in [3.05, 3.63) is 36.0 Å². The van der Waals surface area contributed by atoms with Crippen molar-refractivity contribution >= 4 is 22.6 Å². The van der Waals surface area contributed by atoms with Crippen LogP contribution in [0.5, 0.6) is 0 Å². The molecule has 23 heavy (non-hydrogen) atoms. The van der Waals surface area contributed by atoms with Crippen molar-refractivity contribution in [3.8, 4) is 0 Å². The number of para-hydroxylation sites is 1. The first kappa shape index (κ1) is 14.5. The molecule has 2 aromatic rings. The number of aromatic nitrogens is 1. The quantitative estimate of drug-likeness (QED) is 0.809. The standard InChI is InChI=1S/C19H22N2O2/c1-2-23-18(22)15-12-20-16-7-4-3-6-14(16)17(15)21-11-5-8-19(13-21)9-10-19/h3-4,6-7,12H,2,5,8-11,13H2,1H3. The molecule has 1 spiro atoms. The van der Waals surface area contributed by atoms with Gasteiger partial charge in [-0.15, -0.1) is 0 Å². The van der Waals surface area contributed by atoms with Gasteiger partial charge in [0.15, 0.2) is 0 Å². The minimum atomic E-state index is -0.267. The van der Waals surface area contributed by atoms with Crippen LogP contribution in [0.15, 0.2) is 30.5 Å². The Morgan fingerprint density at radius 2 is 2.13 bits per heavy atom. The minimum Gasteiger partial charge on any atom is -0.462 e. The first-order chi connectivity index (χ1) is 11.2.